The van der Waals surface area contributed by atoms with Crippen LogP contribution < -0.4 is 0 Å². The first-order valence-corrected chi connectivity index (χ1v) is 12.8. The van der Waals surface area contributed by atoms with Crippen molar-refractivity contribution in [1.29, 1.82) is 0 Å². The van der Waals surface area contributed by atoms with Gasteiger partial charge in [-0.3, -0.25) is 4.79 Å². The average molecular weight is 433 g/mol. The number of ketones is 1. The van der Waals surface area contributed by atoms with Crippen molar-refractivity contribution in [2.45, 2.75) is 111 Å². The van der Waals surface area contributed by atoms with Gasteiger partial charge in [0.1, 0.15) is 5.78 Å². The van der Waals surface area contributed by atoms with Gasteiger partial charge < -0.3 is 15.3 Å². The molecule has 0 amide bonds. The molecule has 4 rings (SSSR count). The molecule has 4 aliphatic rings. The van der Waals surface area contributed by atoms with Crippen LogP contribution >= 0.6 is 0 Å². The molecule has 0 bridgehead atoms. The molecule has 2 saturated carbocycles. The number of aliphatic hydroxyl groups excluding tert-OH is 3. The molecule has 0 aromatic heterocycles. The summed E-state index contributed by atoms with van der Waals surface area (Å²) in [5, 5.41) is 31.8. The maximum Gasteiger partial charge on any atom is 0.133 e. The Labute approximate surface area is 188 Å². The molecular weight excluding hydrogens is 388 g/mol. The molecule has 176 valence electrons. The summed E-state index contributed by atoms with van der Waals surface area (Å²) in [5.74, 6) is 2.33. The summed E-state index contributed by atoms with van der Waals surface area (Å²) in [7, 11) is 0. The van der Waals surface area contributed by atoms with E-state index in [-0.39, 0.29) is 16.7 Å². The van der Waals surface area contributed by atoms with E-state index in [2.05, 4.69) is 34.6 Å². The first-order valence-electron chi connectivity index (χ1n) is 12.8. The van der Waals surface area contributed by atoms with Gasteiger partial charge in [0.2, 0.25) is 0 Å². The zero-order chi connectivity index (χ0) is 22.7. The van der Waals surface area contributed by atoms with Crippen LogP contribution in [0.3, 0.4) is 0 Å². The van der Waals surface area contributed by atoms with E-state index in [4.69, 9.17) is 0 Å². The van der Waals surface area contributed by atoms with Crippen LogP contribution in [0, 0.1) is 40.4 Å². The third-order valence-corrected chi connectivity index (χ3v) is 9.98. The molecular formula is C27H44O4. The topological polar surface area (TPSA) is 77.8 Å². The molecule has 9 atom stereocenters. The Hall–Kier alpha value is -0.710. The number of rotatable bonds is 5. The van der Waals surface area contributed by atoms with Crippen molar-refractivity contribution in [2.24, 2.45) is 40.4 Å². The molecule has 0 heterocycles. The molecule has 0 spiro atoms. The van der Waals surface area contributed by atoms with Gasteiger partial charge >= 0.3 is 0 Å². The molecule has 0 aromatic rings. The fourth-order valence-corrected chi connectivity index (χ4v) is 8.55. The quantitative estimate of drug-likeness (QED) is 0.553. The maximum absolute atomic E-state index is 12.5. The number of carbonyl (C=O) groups excluding carboxylic acids is 1. The number of allylic oxidation sites excluding steroid dienone is 1. The molecule has 0 saturated heterocycles. The van der Waals surface area contributed by atoms with Crippen LogP contribution in [0.15, 0.2) is 11.1 Å². The molecule has 0 aliphatic heterocycles. The van der Waals surface area contributed by atoms with Crippen molar-refractivity contribution < 1.29 is 20.1 Å². The Morgan fingerprint density at radius 2 is 1.74 bits per heavy atom. The van der Waals surface area contributed by atoms with Gasteiger partial charge in [0.05, 0.1) is 18.3 Å². The third-order valence-electron chi connectivity index (χ3n) is 9.98. The SMILES string of the molecule is CC(C)CC(=O)C[C@@H](C)[C@H]1CC[C@H]2C3=C(CC[C@]12C)[C@@]1(C)C[C@H](O)[C@H](O)C[C@@H]1[C@@H](O)C3. The van der Waals surface area contributed by atoms with Crippen molar-refractivity contribution in [1.82, 2.24) is 0 Å². The summed E-state index contributed by atoms with van der Waals surface area (Å²) in [6.07, 6.45) is 5.82. The zero-order valence-electron chi connectivity index (χ0n) is 20.2. The standard InChI is InChI=1S/C27H44O4/c1-15(2)10-17(28)11-16(3)19-6-7-20-18-12-23(29)22-13-24(30)25(31)14-27(22,5)21(18)8-9-26(19,20)4/h15-16,19-20,22-25,29-31H,6-14H2,1-5H3/t16-,19-,20+,22-,23+,24-,25+,26-,27-/m1/s1. The van der Waals surface area contributed by atoms with E-state index >= 15 is 0 Å². The minimum Gasteiger partial charge on any atom is -0.392 e. The minimum atomic E-state index is -0.719. The van der Waals surface area contributed by atoms with Gasteiger partial charge in [0.25, 0.3) is 0 Å². The van der Waals surface area contributed by atoms with Gasteiger partial charge in [0.15, 0.2) is 0 Å². The molecule has 3 N–H and O–H groups in total. The predicted molar refractivity (Wildman–Crippen MR) is 122 cm³/mol. The zero-order valence-corrected chi connectivity index (χ0v) is 20.2. The largest absolute Gasteiger partial charge is 0.392 e. The second-order valence-electron chi connectivity index (χ2n) is 12.4. The van der Waals surface area contributed by atoms with E-state index in [1.54, 1.807) is 0 Å². The van der Waals surface area contributed by atoms with Crippen LogP contribution in [0.1, 0.15) is 92.4 Å². The molecule has 4 heteroatoms. The number of fused-ring (bicyclic) bond motifs is 4. The lowest BCUT2D eigenvalue weighted by Gasteiger charge is -2.57. The average Bonchev–Trinajstić information content (AvgIpc) is 3.01. The lowest BCUT2D eigenvalue weighted by Crippen LogP contribution is -2.54. The van der Waals surface area contributed by atoms with E-state index in [1.807, 2.05) is 0 Å². The van der Waals surface area contributed by atoms with Crippen LogP contribution in [-0.2, 0) is 4.79 Å². The van der Waals surface area contributed by atoms with Gasteiger partial charge in [-0.15, -0.1) is 0 Å². The predicted octanol–water partition coefficient (Wildman–Crippen LogP) is 4.65. The van der Waals surface area contributed by atoms with Crippen LogP contribution in [-0.4, -0.2) is 39.4 Å². The third kappa shape index (κ3) is 3.85. The van der Waals surface area contributed by atoms with E-state index in [9.17, 15) is 20.1 Å². The fraction of sp³-hybridized carbons (Fsp3) is 0.889. The lowest BCUT2D eigenvalue weighted by atomic mass is 9.49. The van der Waals surface area contributed by atoms with Gasteiger partial charge in [-0.25, -0.2) is 0 Å². The Morgan fingerprint density at radius 3 is 2.42 bits per heavy atom. The van der Waals surface area contributed by atoms with Gasteiger partial charge in [-0.2, -0.15) is 0 Å². The molecule has 2 fully saturated rings. The molecule has 0 aromatic carbocycles. The van der Waals surface area contributed by atoms with Crippen molar-refractivity contribution in [3.63, 3.8) is 0 Å². The highest BCUT2D eigenvalue weighted by atomic mass is 16.3. The van der Waals surface area contributed by atoms with Crippen LogP contribution in [0.2, 0.25) is 0 Å². The molecule has 4 aliphatic carbocycles. The highest BCUT2D eigenvalue weighted by molar-refractivity contribution is 5.78. The van der Waals surface area contributed by atoms with Crippen molar-refractivity contribution in [3.05, 3.63) is 11.1 Å². The summed E-state index contributed by atoms with van der Waals surface area (Å²) >= 11 is 0. The normalized spacial score (nSPS) is 45.8. The number of carbonyl (C=O) groups is 1. The Balaban J connectivity index is 1.59. The van der Waals surface area contributed by atoms with Crippen molar-refractivity contribution >= 4 is 5.78 Å². The number of hydrogen-bond acceptors (Lipinski definition) is 4. The van der Waals surface area contributed by atoms with Crippen LogP contribution in [0.4, 0.5) is 0 Å². The second-order valence-corrected chi connectivity index (χ2v) is 12.4. The molecule has 31 heavy (non-hydrogen) atoms. The van der Waals surface area contributed by atoms with Crippen LogP contribution in [0.5, 0.6) is 0 Å². The van der Waals surface area contributed by atoms with E-state index < -0.39 is 18.3 Å². The Kier molecular flexibility index (Phi) is 6.24. The highest BCUT2D eigenvalue weighted by Crippen LogP contribution is 2.66. The number of hydrogen-bond donors (Lipinski definition) is 3. The Morgan fingerprint density at radius 1 is 1.03 bits per heavy atom. The second kappa shape index (κ2) is 8.25. The summed E-state index contributed by atoms with van der Waals surface area (Å²) in [6, 6.07) is 0. The van der Waals surface area contributed by atoms with Gasteiger partial charge in [0, 0.05) is 12.8 Å². The summed E-state index contributed by atoms with van der Waals surface area (Å²) in [6.45, 7) is 11.2. The Bertz CT molecular complexity index is 742. The van der Waals surface area contributed by atoms with Gasteiger partial charge in [-0.1, -0.05) is 45.8 Å². The fourth-order valence-electron chi connectivity index (χ4n) is 8.55. The van der Waals surface area contributed by atoms with E-state index in [1.165, 1.54) is 17.6 Å². The highest BCUT2D eigenvalue weighted by Gasteiger charge is 2.58. The summed E-state index contributed by atoms with van der Waals surface area (Å²) in [5.41, 5.74) is 2.95. The van der Waals surface area contributed by atoms with E-state index in [0.29, 0.717) is 55.1 Å². The van der Waals surface area contributed by atoms with Crippen LogP contribution in [0.25, 0.3) is 0 Å². The first-order chi connectivity index (χ1) is 14.5. The number of aliphatic hydroxyl groups is 3. The van der Waals surface area contributed by atoms with Crippen molar-refractivity contribution in [3.8, 4) is 0 Å². The monoisotopic (exact) mass is 432 g/mol. The molecule has 4 nitrogen and oxygen atoms in total. The first kappa shape index (κ1) is 23.4. The molecule has 0 radical (unpaired) electrons. The van der Waals surface area contributed by atoms with E-state index in [0.717, 1.165) is 25.7 Å². The van der Waals surface area contributed by atoms with Gasteiger partial charge in [-0.05, 0) is 85.4 Å². The van der Waals surface area contributed by atoms with Crippen molar-refractivity contribution in [2.75, 3.05) is 0 Å². The maximum atomic E-state index is 12.5. The number of Topliss-reactive ketones (excluding diaryl/α,β-unsaturated/α-hetero) is 1. The molecule has 0 unspecified atom stereocenters. The minimum absolute atomic E-state index is 0.0405. The smallest absolute Gasteiger partial charge is 0.133 e. The lowest BCUT2D eigenvalue weighted by molar-refractivity contribution is -0.121. The summed E-state index contributed by atoms with van der Waals surface area (Å²) < 4.78 is 0. The summed E-state index contributed by atoms with van der Waals surface area (Å²) in [4.78, 5) is 12.5.